The Bertz CT molecular complexity index is 295. The molecule has 90 valence electrons. The number of hydrogen-bond donors (Lipinski definition) is 0. The molecular weight excluding hydrogens is 212 g/mol. The molecule has 0 saturated heterocycles. The summed E-state index contributed by atoms with van der Waals surface area (Å²) in [5.41, 5.74) is 0. The largest absolute Gasteiger partial charge is 0.281 e. The van der Waals surface area contributed by atoms with Crippen LogP contribution in [-0.4, -0.2) is 43.2 Å². The van der Waals surface area contributed by atoms with Crippen molar-refractivity contribution in [1.29, 1.82) is 0 Å². The first kappa shape index (κ1) is 12.9. The van der Waals surface area contributed by atoms with E-state index in [1.54, 1.807) is 7.05 Å². The summed E-state index contributed by atoms with van der Waals surface area (Å²) in [5, 5.41) is 0. The van der Waals surface area contributed by atoms with Crippen LogP contribution in [0.15, 0.2) is 0 Å². The van der Waals surface area contributed by atoms with Crippen molar-refractivity contribution in [2.45, 2.75) is 39.7 Å². The predicted octanol–water partition coefficient (Wildman–Crippen LogP) is 1.30. The Morgan fingerprint density at radius 3 is 2.07 bits per heavy atom. The Hall–Kier alpha value is -0.130. The molecule has 0 N–H and O–H groups in total. The van der Waals surface area contributed by atoms with Gasteiger partial charge in [0, 0.05) is 26.2 Å². The Labute approximate surface area is 93.4 Å². The zero-order chi connectivity index (χ0) is 11.6. The van der Waals surface area contributed by atoms with E-state index in [9.17, 15) is 8.42 Å². The van der Waals surface area contributed by atoms with E-state index >= 15 is 0 Å². The first-order valence-corrected chi connectivity index (χ1v) is 7.07. The van der Waals surface area contributed by atoms with Crippen LogP contribution in [0.2, 0.25) is 0 Å². The van der Waals surface area contributed by atoms with Gasteiger partial charge in [0.05, 0.1) is 0 Å². The molecule has 0 spiro atoms. The van der Waals surface area contributed by atoms with Gasteiger partial charge in [-0.25, -0.2) is 0 Å². The van der Waals surface area contributed by atoms with Crippen molar-refractivity contribution in [3.05, 3.63) is 0 Å². The van der Waals surface area contributed by atoms with E-state index in [-0.39, 0.29) is 6.04 Å². The highest BCUT2D eigenvalue weighted by molar-refractivity contribution is 7.86. The van der Waals surface area contributed by atoms with Crippen LogP contribution >= 0.6 is 0 Å². The van der Waals surface area contributed by atoms with Crippen LogP contribution in [0, 0.1) is 5.92 Å². The third kappa shape index (κ3) is 2.71. The van der Waals surface area contributed by atoms with E-state index in [4.69, 9.17) is 0 Å². The van der Waals surface area contributed by atoms with Crippen molar-refractivity contribution >= 4 is 10.2 Å². The van der Waals surface area contributed by atoms with Gasteiger partial charge in [-0.3, -0.25) is 0 Å². The fourth-order valence-corrected chi connectivity index (χ4v) is 3.43. The molecule has 1 fully saturated rings. The zero-order valence-electron chi connectivity index (χ0n) is 10.1. The fourth-order valence-electron chi connectivity index (χ4n) is 1.82. The maximum absolute atomic E-state index is 12.1. The highest BCUT2D eigenvalue weighted by atomic mass is 32.2. The lowest BCUT2D eigenvalue weighted by molar-refractivity contribution is 0.316. The molecule has 1 rings (SSSR count). The molecule has 1 saturated carbocycles. The molecule has 1 aliphatic rings. The van der Waals surface area contributed by atoms with Gasteiger partial charge < -0.3 is 0 Å². The molecule has 0 aromatic carbocycles. The lowest BCUT2D eigenvalue weighted by atomic mass is 10.2. The van der Waals surface area contributed by atoms with Crippen LogP contribution in [0.25, 0.3) is 0 Å². The van der Waals surface area contributed by atoms with E-state index in [0.29, 0.717) is 19.0 Å². The molecule has 1 unspecified atom stereocenters. The minimum Gasteiger partial charge on any atom is -0.195 e. The molecular formula is C10H22N2O2S. The smallest absolute Gasteiger partial charge is 0.195 e. The molecule has 0 amide bonds. The number of hydrogen-bond acceptors (Lipinski definition) is 2. The van der Waals surface area contributed by atoms with Crippen molar-refractivity contribution in [1.82, 2.24) is 8.61 Å². The molecule has 1 atom stereocenters. The quantitative estimate of drug-likeness (QED) is 0.695. The topological polar surface area (TPSA) is 40.6 Å². The summed E-state index contributed by atoms with van der Waals surface area (Å²) in [6, 6.07) is 0.135. The highest BCUT2D eigenvalue weighted by Gasteiger charge is 2.37. The van der Waals surface area contributed by atoms with Crippen LogP contribution in [-0.2, 0) is 10.2 Å². The van der Waals surface area contributed by atoms with Gasteiger partial charge in [-0.1, -0.05) is 13.8 Å². The summed E-state index contributed by atoms with van der Waals surface area (Å²) in [5.74, 6) is 0.570. The summed E-state index contributed by atoms with van der Waals surface area (Å²) in [7, 11) is -1.55. The van der Waals surface area contributed by atoms with Gasteiger partial charge in [-0.05, 0) is 25.7 Å². The average Bonchev–Trinajstić information content (AvgIpc) is 3.00. The first-order valence-electron chi connectivity index (χ1n) is 5.68. The van der Waals surface area contributed by atoms with Crippen LogP contribution in [0.4, 0.5) is 0 Å². The van der Waals surface area contributed by atoms with Gasteiger partial charge in [0.25, 0.3) is 10.2 Å². The van der Waals surface area contributed by atoms with E-state index in [0.717, 1.165) is 0 Å². The molecule has 4 nitrogen and oxygen atoms in total. The monoisotopic (exact) mass is 234 g/mol. The first-order chi connectivity index (χ1) is 6.95. The second-order valence-corrected chi connectivity index (χ2v) is 6.17. The van der Waals surface area contributed by atoms with Crippen molar-refractivity contribution < 1.29 is 8.42 Å². The lowest BCUT2D eigenvalue weighted by Crippen LogP contribution is -2.46. The van der Waals surface area contributed by atoms with E-state index in [2.05, 4.69) is 0 Å². The van der Waals surface area contributed by atoms with Crippen LogP contribution in [0.5, 0.6) is 0 Å². The molecule has 0 aliphatic heterocycles. The predicted molar refractivity (Wildman–Crippen MR) is 61.8 cm³/mol. The summed E-state index contributed by atoms with van der Waals surface area (Å²) in [4.78, 5) is 0. The molecule has 15 heavy (non-hydrogen) atoms. The van der Waals surface area contributed by atoms with Crippen molar-refractivity contribution in [2.24, 2.45) is 5.92 Å². The molecule has 0 heterocycles. The molecule has 5 heteroatoms. The third-order valence-electron chi connectivity index (χ3n) is 3.27. The summed E-state index contributed by atoms with van der Waals surface area (Å²) >= 11 is 0. The third-order valence-corrected chi connectivity index (χ3v) is 5.50. The van der Waals surface area contributed by atoms with E-state index in [1.807, 2.05) is 20.8 Å². The second-order valence-electron chi connectivity index (χ2n) is 4.19. The molecule has 0 radical (unpaired) electrons. The van der Waals surface area contributed by atoms with Crippen molar-refractivity contribution in [3.63, 3.8) is 0 Å². The minimum absolute atomic E-state index is 0.135. The Kier molecular flexibility index (Phi) is 4.14. The second kappa shape index (κ2) is 4.80. The fraction of sp³-hybridized carbons (Fsp3) is 1.00. The van der Waals surface area contributed by atoms with Gasteiger partial charge in [-0.2, -0.15) is 17.0 Å². The van der Waals surface area contributed by atoms with Gasteiger partial charge >= 0.3 is 0 Å². The molecule has 0 aromatic heterocycles. The standard InChI is InChI=1S/C10H22N2O2S/c1-5-12(6-2)15(13,14)11(4)9(3)10-7-8-10/h9-10H,5-8H2,1-4H3. The molecule has 1 aliphatic carbocycles. The van der Waals surface area contributed by atoms with E-state index < -0.39 is 10.2 Å². The maximum atomic E-state index is 12.1. The normalized spacial score (nSPS) is 19.9. The summed E-state index contributed by atoms with van der Waals surface area (Å²) < 4.78 is 27.3. The average molecular weight is 234 g/mol. The van der Waals surface area contributed by atoms with Gasteiger partial charge in [0.2, 0.25) is 0 Å². The van der Waals surface area contributed by atoms with Crippen molar-refractivity contribution in [2.75, 3.05) is 20.1 Å². The summed E-state index contributed by atoms with van der Waals surface area (Å²) in [6.07, 6.45) is 2.33. The van der Waals surface area contributed by atoms with Gasteiger partial charge in [-0.15, -0.1) is 0 Å². The van der Waals surface area contributed by atoms with Crippen LogP contribution in [0.1, 0.15) is 33.6 Å². The maximum Gasteiger partial charge on any atom is 0.281 e. The number of rotatable bonds is 6. The lowest BCUT2D eigenvalue weighted by Gasteiger charge is -2.29. The molecule has 0 aromatic rings. The number of nitrogens with zero attached hydrogens (tertiary/aromatic N) is 2. The molecule has 0 bridgehead atoms. The SMILES string of the molecule is CCN(CC)S(=O)(=O)N(C)C(C)C1CC1. The Balaban J connectivity index is 2.74. The summed E-state index contributed by atoms with van der Waals surface area (Å²) in [6.45, 7) is 6.83. The minimum atomic E-state index is -3.24. The van der Waals surface area contributed by atoms with E-state index in [1.165, 1.54) is 21.5 Å². The Morgan fingerprint density at radius 2 is 1.73 bits per heavy atom. The Morgan fingerprint density at radius 1 is 1.27 bits per heavy atom. The van der Waals surface area contributed by atoms with Crippen LogP contribution in [0.3, 0.4) is 0 Å². The van der Waals surface area contributed by atoms with Gasteiger partial charge in [0.15, 0.2) is 0 Å². The highest BCUT2D eigenvalue weighted by Crippen LogP contribution is 2.35. The van der Waals surface area contributed by atoms with Crippen molar-refractivity contribution in [3.8, 4) is 0 Å². The zero-order valence-corrected chi connectivity index (χ0v) is 10.9. The van der Waals surface area contributed by atoms with Crippen LogP contribution < -0.4 is 0 Å². The van der Waals surface area contributed by atoms with Gasteiger partial charge in [0.1, 0.15) is 0 Å².